The van der Waals surface area contributed by atoms with E-state index in [0.29, 0.717) is 38.7 Å². The van der Waals surface area contributed by atoms with E-state index in [4.69, 9.17) is 14.2 Å². The Kier molecular flexibility index (Phi) is 8.74. The van der Waals surface area contributed by atoms with E-state index in [2.05, 4.69) is 45.2 Å². The number of esters is 1. The molecule has 9 heteroatoms. The number of hydrogen-bond donors (Lipinski definition) is 0. The van der Waals surface area contributed by atoms with Gasteiger partial charge in [-0.05, 0) is 66.4 Å². The summed E-state index contributed by atoms with van der Waals surface area (Å²) in [6.45, 7) is 6.12. The van der Waals surface area contributed by atoms with E-state index in [9.17, 15) is 9.59 Å². The van der Waals surface area contributed by atoms with E-state index in [1.807, 2.05) is 61.5 Å². The summed E-state index contributed by atoms with van der Waals surface area (Å²) in [5, 5.41) is 2.29. The van der Waals surface area contributed by atoms with Crippen LogP contribution in [0.1, 0.15) is 42.1 Å². The lowest BCUT2D eigenvalue weighted by molar-refractivity contribution is -0.139. The Morgan fingerprint density at radius 1 is 1.02 bits per heavy atom. The van der Waals surface area contributed by atoms with Gasteiger partial charge in [0, 0.05) is 4.47 Å². The van der Waals surface area contributed by atoms with Crippen LogP contribution < -0.4 is 24.4 Å². The number of hydrogen-bond acceptors (Lipinski definition) is 7. The largest absolute Gasteiger partial charge is 0.493 e. The Bertz CT molecular complexity index is 2140. The number of carbonyl (C=O) groups is 1. The zero-order valence-electron chi connectivity index (χ0n) is 25.3. The van der Waals surface area contributed by atoms with Crippen molar-refractivity contribution in [2.45, 2.75) is 33.4 Å². The first-order chi connectivity index (χ1) is 21.8. The number of thiazole rings is 1. The third-order valence-electron chi connectivity index (χ3n) is 7.74. The molecule has 1 aliphatic heterocycles. The van der Waals surface area contributed by atoms with Crippen LogP contribution in [0.25, 0.3) is 16.8 Å². The molecule has 4 aromatic carbocycles. The number of nitrogens with zero attached hydrogens (tertiary/aromatic N) is 2. The molecule has 1 aromatic heterocycles. The lowest BCUT2D eigenvalue weighted by Crippen LogP contribution is -2.39. The maximum Gasteiger partial charge on any atom is 0.338 e. The first kappa shape index (κ1) is 30.6. The van der Waals surface area contributed by atoms with Crippen molar-refractivity contribution in [3.05, 3.63) is 137 Å². The van der Waals surface area contributed by atoms with Gasteiger partial charge in [0.1, 0.15) is 6.61 Å². The van der Waals surface area contributed by atoms with E-state index in [0.717, 1.165) is 37.5 Å². The number of aryl methyl sites for hydroxylation is 1. The molecule has 6 rings (SSSR count). The number of aromatic nitrogens is 1. The molecule has 0 unspecified atom stereocenters. The van der Waals surface area contributed by atoms with Gasteiger partial charge in [-0.15, -0.1) is 0 Å². The Labute approximate surface area is 272 Å². The molecule has 0 radical (unpaired) electrons. The third kappa shape index (κ3) is 5.98. The molecule has 1 aliphatic rings. The van der Waals surface area contributed by atoms with E-state index in [1.165, 1.54) is 11.3 Å². The predicted octanol–water partition coefficient (Wildman–Crippen LogP) is 6.61. The summed E-state index contributed by atoms with van der Waals surface area (Å²) < 4.78 is 20.1. The Morgan fingerprint density at radius 3 is 2.53 bits per heavy atom. The molecule has 228 valence electrons. The van der Waals surface area contributed by atoms with Crippen LogP contribution in [0.2, 0.25) is 0 Å². The second-order valence-electron chi connectivity index (χ2n) is 10.7. The van der Waals surface area contributed by atoms with E-state index < -0.39 is 12.0 Å². The molecule has 0 amide bonds. The zero-order chi connectivity index (χ0) is 31.7. The number of fused-ring (bicyclic) bond motifs is 2. The highest BCUT2D eigenvalue weighted by molar-refractivity contribution is 9.10. The summed E-state index contributed by atoms with van der Waals surface area (Å²) in [6, 6.07) is 25.2. The van der Waals surface area contributed by atoms with Crippen LogP contribution in [0.3, 0.4) is 0 Å². The minimum atomic E-state index is -0.661. The first-order valence-electron chi connectivity index (χ1n) is 14.5. The van der Waals surface area contributed by atoms with Gasteiger partial charge < -0.3 is 14.2 Å². The monoisotopic (exact) mass is 682 g/mol. The van der Waals surface area contributed by atoms with Crippen molar-refractivity contribution in [2.24, 2.45) is 4.99 Å². The first-order valence-corrected chi connectivity index (χ1v) is 16.1. The van der Waals surface area contributed by atoms with Gasteiger partial charge in [0.25, 0.3) is 5.56 Å². The molecule has 7 nitrogen and oxygen atoms in total. The van der Waals surface area contributed by atoms with Crippen molar-refractivity contribution in [3.63, 3.8) is 0 Å². The average molecular weight is 684 g/mol. The van der Waals surface area contributed by atoms with Gasteiger partial charge in [0.15, 0.2) is 16.3 Å². The van der Waals surface area contributed by atoms with Crippen molar-refractivity contribution in [3.8, 4) is 11.5 Å². The summed E-state index contributed by atoms with van der Waals surface area (Å²) in [5.74, 6) is 0.630. The molecule has 0 saturated carbocycles. The number of benzene rings is 4. The normalized spacial score (nSPS) is 14.7. The molecular formula is C36H31BrN2O5S. The third-order valence-corrected chi connectivity index (χ3v) is 9.41. The second kappa shape index (κ2) is 12.9. The predicted molar refractivity (Wildman–Crippen MR) is 181 cm³/mol. The van der Waals surface area contributed by atoms with Gasteiger partial charge in [-0.1, -0.05) is 99.6 Å². The SMILES string of the molecule is CCOC(=O)C1=C(C)N=c2s/c(=C/c3cc(OC)c(OCc4cccc5ccccc45)cc3Br)c(=O)n2[C@@H]1c1ccc(C)cc1. The van der Waals surface area contributed by atoms with Crippen LogP contribution in [0, 0.1) is 6.92 Å². The van der Waals surface area contributed by atoms with Crippen molar-refractivity contribution >= 4 is 50.1 Å². The van der Waals surface area contributed by atoms with Crippen LogP contribution in [0.5, 0.6) is 11.5 Å². The number of ether oxygens (including phenoxy) is 3. The minimum Gasteiger partial charge on any atom is -0.493 e. The Hall–Kier alpha value is -4.47. The van der Waals surface area contributed by atoms with Gasteiger partial charge in [0.2, 0.25) is 0 Å². The summed E-state index contributed by atoms with van der Waals surface area (Å²) in [6.07, 6.45) is 1.81. The van der Waals surface area contributed by atoms with Gasteiger partial charge in [0.05, 0.1) is 35.6 Å². The van der Waals surface area contributed by atoms with Gasteiger partial charge in [-0.3, -0.25) is 9.36 Å². The van der Waals surface area contributed by atoms with Crippen LogP contribution >= 0.6 is 27.3 Å². The number of methoxy groups -OCH3 is 1. The molecule has 5 aromatic rings. The molecule has 0 spiro atoms. The second-order valence-corrected chi connectivity index (χ2v) is 12.5. The summed E-state index contributed by atoms with van der Waals surface area (Å²) in [7, 11) is 1.59. The Morgan fingerprint density at radius 2 is 1.78 bits per heavy atom. The fourth-order valence-electron chi connectivity index (χ4n) is 5.50. The maximum absolute atomic E-state index is 14.0. The molecule has 0 fully saturated rings. The highest BCUT2D eigenvalue weighted by Gasteiger charge is 2.33. The van der Waals surface area contributed by atoms with Gasteiger partial charge >= 0.3 is 5.97 Å². The lowest BCUT2D eigenvalue weighted by atomic mass is 9.95. The average Bonchev–Trinajstić information content (AvgIpc) is 3.34. The maximum atomic E-state index is 14.0. The van der Waals surface area contributed by atoms with Crippen LogP contribution in [0.4, 0.5) is 0 Å². The number of carbonyl (C=O) groups excluding carboxylic acids is 1. The minimum absolute atomic E-state index is 0.220. The molecule has 2 heterocycles. The quantitative estimate of drug-likeness (QED) is 0.172. The highest BCUT2D eigenvalue weighted by atomic mass is 79.9. The van der Waals surface area contributed by atoms with Crippen molar-refractivity contribution in [2.75, 3.05) is 13.7 Å². The van der Waals surface area contributed by atoms with Gasteiger partial charge in [-0.25, -0.2) is 9.79 Å². The van der Waals surface area contributed by atoms with E-state index in [1.54, 1.807) is 31.6 Å². The van der Waals surface area contributed by atoms with Crippen LogP contribution in [-0.2, 0) is 16.1 Å². The molecule has 0 aliphatic carbocycles. The highest BCUT2D eigenvalue weighted by Crippen LogP contribution is 2.35. The smallest absolute Gasteiger partial charge is 0.338 e. The standard InChI is InChI=1S/C36H31BrN2O5S/c1-5-43-35(41)32-22(3)38-36-39(33(32)24-15-13-21(2)14-16-24)34(40)31(45-36)18-26-17-29(42-4)30(19-28(26)37)44-20-25-11-8-10-23-9-6-7-12-27(23)25/h6-19,33H,5,20H2,1-4H3/b31-18+/t33-/m1/s1. The van der Waals surface area contributed by atoms with Crippen molar-refractivity contribution in [1.82, 2.24) is 4.57 Å². The lowest BCUT2D eigenvalue weighted by Gasteiger charge is -2.24. The van der Waals surface area contributed by atoms with E-state index in [-0.39, 0.29) is 12.2 Å². The fourth-order valence-corrected chi connectivity index (χ4v) is 6.98. The number of rotatable bonds is 8. The topological polar surface area (TPSA) is 79.1 Å². The van der Waals surface area contributed by atoms with Gasteiger partial charge in [-0.2, -0.15) is 0 Å². The van der Waals surface area contributed by atoms with Crippen LogP contribution in [0.15, 0.2) is 104 Å². The van der Waals surface area contributed by atoms with Crippen molar-refractivity contribution in [1.29, 1.82) is 0 Å². The summed E-state index contributed by atoms with van der Waals surface area (Å²) in [5.41, 5.74) is 4.33. The number of allylic oxidation sites excluding steroid dienone is 1. The molecule has 0 saturated heterocycles. The Balaban J connectivity index is 1.39. The molecule has 1 atom stereocenters. The fraction of sp³-hybridized carbons (Fsp3) is 0.194. The van der Waals surface area contributed by atoms with Crippen LogP contribution in [-0.4, -0.2) is 24.3 Å². The summed E-state index contributed by atoms with van der Waals surface area (Å²) >= 11 is 4.95. The van der Waals surface area contributed by atoms with Crippen molar-refractivity contribution < 1.29 is 19.0 Å². The molecule has 45 heavy (non-hydrogen) atoms. The molecule has 0 N–H and O–H groups in total. The van der Waals surface area contributed by atoms with E-state index >= 15 is 0 Å². The molecule has 0 bridgehead atoms. The summed E-state index contributed by atoms with van der Waals surface area (Å²) in [4.78, 5) is 32.4. The molecular weight excluding hydrogens is 652 g/mol. The zero-order valence-corrected chi connectivity index (χ0v) is 27.7. The number of halogens is 1.